The van der Waals surface area contributed by atoms with Crippen LogP contribution in [-0.2, 0) is 10.9 Å². The zero-order valence-corrected chi connectivity index (χ0v) is 10.2. The van der Waals surface area contributed by atoms with E-state index in [2.05, 4.69) is 0 Å². The van der Waals surface area contributed by atoms with Gasteiger partial charge >= 0.3 is 5.51 Å². The van der Waals surface area contributed by atoms with E-state index in [1.165, 1.54) is 12.1 Å². The third-order valence-corrected chi connectivity index (χ3v) is 5.57. The molecule has 6 heteroatoms. The Balaban J connectivity index is 2.18. The summed E-state index contributed by atoms with van der Waals surface area (Å²) in [5, 5.41) is -0.865. The van der Waals surface area contributed by atoms with Crippen molar-refractivity contribution < 1.29 is 22.0 Å². The van der Waals surface area contributed by atoms with Gasteiger partial charge in [0.05, 0.1) is 5.92 Å². The van der Waals surface area contributed by atoms with Gasteiger partial charge in [-0.1, -0.05) is 0 Å². The van der Waals surface area contributed by atoms with E-state index >= 15 is 0 Å². The molecule has 0 spiro atoms. The normalized spacial score (nSPS) is 28.9. The van der Waals surface area contributed by atoms with Gasteiger partial charge in [-0.15, -0.1) is 13.2 Å². The van der Waals surface area contributed by atoms with Gasteiger partial charge in [-0.3, -0.25) is 0 Å². The molecule has 0 saturated carbocycles. The Morgan fingerprint density at radius 2 is 1.84 bits per heavy atom. The predicted octanol–water partition coefficient (Wildman–Crippen LogP) is 4.21. The van der Waals surface area contributed by atoms with Crippen molar-refractivity contribution in [2.75, 3.05) is 0 Å². The van der Waals surface area contributed by atoms with Crippen LogP contribution in [0, 0.1) is 5.82 Å². The largest absolute Gasteiger partial charge is 0.581 e. The topological polar surface area (TPSA) is 0 Å². The third kappa shape index (κ3) is 1.98. The van der Waals surface area contributed by atoms with Gasteiger partial charge in [0.1, 0.15) is 22.5 Å². The molecule has 1 heterocycles. The minimum absolute atomic E-state index is 0.0690. The maximum Gasteiger partial charge on any atom is 0.581 e. The molecule has 3 rings (SSSR count). The summed E-state index contributed by atoms with van der Waals surface area (Å²) in [5.41, 5.74) is -4.16. The van der Waals surface area contributed by atoms with Gasteiger partial charge < -0.3 is 0 Å². The molecule has 0 aromatic heterocycles. The number of hydrogen-bond donors (Lipinski definition) is 0. The molecule has 19 heavy (non-hydrogen) atoms. The van der Waals surface area contributed by atoms with Crippen molar-refractivity contribution in [1.82, 2.24) is 0 Å². The average molecular weight is 291 g/mol. The minimum atomic E-state index is -4.40. The van der Waals surface area contributed by atoms with Gasteiger partial charge in [-0.05, 0) is 36.4 Å². The van der Waals surface area contributed by atoms with E-state index in [0.717, 1.165) is 24.3 Å². The highest BCUT2D eigenvalue weighted by molar-refractivity contribution is 7.98. The first-order chi connectivity index (χ1) is 8.88. The number of alkyl halides is 3. The van der Waals surface area contributed by atoms with E-state index < -0.39 is 39.2 Å². The molecule has 3 unspecified atom stereocenters. The molecule has 100 valence electrons. The SMILES string of the molecule is FC1=CC2c3cc(F)ccc3[S+](C(F)(F)F)C2C=C1. The monoisotopic (exact) mass is 291 g/mol. The van der Waals surface area contributed by atoms with E-state index in [1.807, 2.05) is 0 Å². The van der Waals surface area contributed by atoms with E-state index in [9.17, 15) is 22.0 Å². The summed E-state index contributed by atoms with van der Waals surface area (Å²) in [6.07, 6.45) is 3.44. The van der Waals surface area contributed by atoms with Gasteiger partial charge in [0.2, 0.25) is 0 Å². The fourth-order valence-electron chi connectivity index (χ4n) is 2.53. The Hall–Kier alpha value is -1.30. The fraction of sp³-hybridized carbons (Fsp3) is 0.231. The van der Waals surface area contributed by atoms with Crippen LogP contribution in [0.25, 0.3) is 0 Å². The van der Waals surface area contributed by atoms with Crippen molar-refractivity contribution in [3.63, 3.8) is 0 Å². The lowest BCUT2D eigenvalue weighted by atomic mass is 9.92. The molecule has 0 nitrogen and oxygen atoms in total. The Labute approximate surface area is 109 Å². The molecule has 1 aromatic rings. The van der Waals surface area contributed by atoms with Gasteiger partial charge in [-0.2, -0.15) is 0 Å². The standard InChI is InChI=1S/C13H8F5S/c14-7-1-3-11-9(5-7)10-6-8(15)2-4-12(10)19(11)13(16,17)18/h1-6,9,11H/q+1. The first-order valence-electron chi connectivity index (χ1n) is 5.53. The first kappa shape index (κ1) is 12.7. The number of halogens is 5. The highest BCUT2D eigenvalue weighted by Gasteiger charge is 2.64. The van der Waals surface area contributed by atoms with Crippen LogP contribution >= 0.6 is 0 Å². The highest BCUT2D eigenvalue weighted by Crippen LogP contribution is 2.51. The van der Waals surface area contributed by atoms with Crippen LogP contribution < -0.4 is 0 Å². The summed E-state index contributed by atoms with van der Waals surface area (Å²) in [7, 11) is -2.02. The van der Waals surface area contributed by atoms with Crippen molar-refractivity contribution in [3.8, 4) is 0 Å². The lowest BCUT2D eigenvalue weighted by molar-refractivity contribution is -0.0372. The Morgan fingerprint density at radius 1 is 1.11 bits per heavy atom. The number of rotatable bonds is 0. The number of fused-ring (bicyclic) bond motifs is 3. The van der Waals surface area contributed by atoms with Gasteiger partial charge in [0, 0.05) is 5.56 Å². The molecular weight excluding hydrogens is 283 g/mol. The Kier molecular flexibility index (Phi) is 2.74. The summed E-state index contributed by atoms with van der Waals surface area (Å²) >= 11 is 0. The van der Waals surface area contributed by atoms with Crippen LogP contribution in [0.5, 0.6) is 0 Å². The molecule has 3 atom stereocenters. The zero-order chi connectivity index (χ0) is 13.8. The smallest absolute Gasteiger partial charge is 0.207 e. The lowest BCUT2D eigenvalue weighted by Crippen LogP contribution is -2.32. The molecule has 1 aliphatic carbocycles. The van der Waals surface area contributed by atoms with Crippen LogP contribution in [0.15, 0.2) is 47.1 Å². The maximum absolute atomic E-state index is 13.2. The van der Waals surface area contributed by atoms with Crippen LogP contribution in [0.1, 0.15) is 11.5 Å². The second-order valence-electron chi connectivity index (χ2n) is 4.37. The lowest BCUT2D eigenvalue weighted by Gasteiger charge is -2.16. The van der Waals surface area contributed by atoms with Gasteiger partial charge in [-0.25, -0.2) is 8.78 Å². The van der Waals surface area contributed by atoms with Crippen LogP contribution in [-0.4, -0.2) is 10.8 Å². The van der Waals surface area contributed by atoms with Crippen molar-refractivity contribution in [3.05, 3.63) is 53.6 Å². The van der Waals surface area contributed by atoms with Gasteiger partial charge in [0.25, 0.3) is 0 Å². The van der Waals surface area contributed by atoms with Crippen LogP contribution in [0.2, 0.25) is 0 Å². The summed E-state index contributed by atoms with van der Waals surface area (Å²) in [4.78, 5) is 0.0690. The summed E-state index contributed by atoms with van der Waals surface area (Å²) in [5.74, 6) is -1.92. The summed E-state index contributed by atoms with van der Waals surface area (Å²) in [6.45, 7) is 0. The van der Waals surface area contributed by atoms with Gasteiger partial charge in [0.15, 0.2) is 10.1 Å². The molecule has 0 fully saturated rings. The van der Waals surface area contributed by atoms with Crippen LogP contribution in [0.3, 0.4) is 0 Å². The van der Waals surface area contributed by atoms with Crippen molar-refractivity contribution >= 4 is 10.9 Å². The van der Waals surface area contributed by atoms with Crippen molar-refractivity contribution in [2.24, 2.45) is 0 Å². The van der Waals surface area contributed by atoms with E-state index in [4.69, 9.17) is 0 Å². The molecule has 1 aliphatic heterocycles. The number of hydrogen-bond acceptors (Lipinski definition) is 0. The molecule has 0 amide bonds. The summed E-state index contributed by atoms with van der Waals surface area (Å²) in [6, 6.07) is 3.26. The average Bonchev–Trinajstić information content (AvgIpc) is 2.62. The second-order valence-corrected chi connectivity index (χ2v) is 6.49. The first-order valence-corrected chi connectivity index (χ1v) is 6.81. The molecule has 0 bridgehead atoms. The Bertz CT molecular complexity index is 587. The Morgan fingerprint density at radius 3 is 2.53 bits per heavy atom. The molecule has 0 saturated heterocycles. The highest BCUT2D eigenvalue weighted by atomic mass is 32.2. The number of allylic oxidation sites excluding steroid dienone is 3. The minimum Gasteiger partial charge on any atom is -0.207 e. The van der Waals surface area contributed by atoms with Crippen molar-refractivity contribution in [1.29, 1.82) is 0 Å². The quantitative estimate of drug-likeness (QED) is 0.496. The van der Waals surface area contributed by atoms with E-state index in [1.54, 1.807) is 0 Å². The second kappa shape index (κ2) is 4.10. The predicted molar refractivity (Wildman–Crippen MR) is 62.9 cm³/mol. The molecule has 2 aliphatic rings. The summed E-state index contributed by atoms with van der Waals surface area (Å²) < 4.78 is 66.0. The molecule has 1 aromatic carbocycles. The molecule has 0 N–H and O–H groups in total. The maximum atomic E-state index is 13.2. The molecule has 0 radical (unpaired) electrons. The third-order valence-electron chi connectivity index (χ3n) is 3.23. The number of benzene rings is 1. The van der Waals surface area contributed by atoms with Crippen molar-refractivity contribution in [2.45, 2.75) is 21.6 Å². The molecular formula is C13H8F5S+. The fourth-order valence-corrected chi connectivity index (χ4v) is 4.79. The van der Waals surface area contributed by atoms with E-state index in [-0.39, 0.29) is 10.5 Å². The van der Waals surface area contributed by atoms with E-state index in [0.29, 0.717) is 0 Å². The zero-order valence-electron chi connectivity index (χ0n) is 9.42. The van der Waals surface area contributed by atoms with Crippen LogP contribution in [0.4, 0.5) is 22.0 Å².